The zero-order valence-corrected chi connectivity index (χ0v) is 10.4. The summed E-state index contributed by atoms with van der Waals surface area (Å²) >= 11 is 4.45. The van der Waals surface area contributed by atoms with Gasteiger partial charge in [0.1, 0.15) is 5.75 Å². The summed E-state index contributed by atoms with van der Waals surface area (Å²) in [6.07, 6.45) is 1.64. The summed E-state index contributed by atoms with van der Waals surface area (Å²) in [6, 6.07) is 4.82. The Bertz CT molecular complexity index is 526. The molecular formula is C10H7BrN2O2S. The van der Waals surface area contributed by atoms with Gasteiger partial charge >= 0.3 is 0 Å². The second-order valence-electron chi connectivity index (χ2n) is 3.07. The van der Waals surface area contributed by atoms with Crippen molar-refractivity contribution >= 4 is 44.8 Å². The van der Waals surface area contributed by atoms with Crippen LogP contribution < -0.4 is 5.73 Å². The Morgan fingerprint density at radius 3 is 2.88 bits per heavy atom. The van der Waals surface area contributed by atoms with Crippen molar-refractivity contribution in [2.75, 3.05) is 0 Å². The second-order valence-corrected chi connectivity index (χ2v) is 4.99. The molecular weight excluding hydrogens is 292 g/mol. The summed E-state index contributed by atoms with van der Waals surface area (Å²) in [7, 11) is 0. The Kier molecular flexibility index (Phi) is 3.02. The predicted molar refractivity (Wildman–Crippen MR) is 68.0 cm³/mol. The van der Waals surface area contributed by atoms with E-state index in [9.17, 15) is 9.90 Å². The molecule has 4 nitrogen and oxygen atoms in total. The zero-order chi connectivity index (χ0) is 11.7. The van der Waals surface area contributed by atoms with Gasteiger partial charge in [0.25, 0.3) is 5.91 Å². The number of thioether (sulfide) groups is 1. The Morgan fingerprint density at radius 1 is 1.50 bits per heavy atom. The molecule has 1 aromatic carbocycles. The first kappa shape index (κ1) is 11.2. The molecule has 0 aromatic heterocycles. The van der Waals surface area contributed by atoms with E-state index in [4.69, 9.17) is 5.73 Å². The van der Waals surface area contributed by atoms with Gasteiger partial charge in [-0.05, 0) is 41.6 Å². The average molecular weight is 299 g/mol. The van der Waals surface area contributed by atoms with Gasteiger partial charge in [0.2, 0.25) is 0 Å². The molecule has 1 aliphatic heterocycles. The third-order valence-corrected chi connectivity index (χ3v) is 3.44. The SMILES string of the molecule is NC1=NC(=O)/C(=C/c2cc(O)ccc2Br)S1. The molecule has 1 aliphatic rings. The van der Waals surface area contributed by atoms with Crippen molar-refractivity contribution in [3.63, 3.8) is 0 Å². The van der Waals surface area contributed by atoms with E-state index in [1.807, 2.05) is 0 Å². The number of carbonyl (C=O) groups excluding carboxylic acids is 1. The van der Waals surface area contributed by atoms with E-state index in [2.05, 4.69) is 20.9 Å². The van der Waals surface area contributed by atoms with Gasteiger partial charge in [0, 0.05) is 4.47 Å². The lowest BCUT2D eigenvalue weighted by Crippen LogP contribution is -2.01. The van der Waals surface area contributed by atoms with Crippen LogP contribution in [0.4, 0.5) is 0 Å². The van der Waals surface area contributed by atoms with E-state index in [1.54, 1.807) is 24.3 Å². The number of benzene rings is 1. The van der Waals surface area contributed by atoms with Crippen LogP contribution in [-0.2, 0) is 4.79 Å². The highest BCUT2D eigenvalue weighted by Crippen LogP contribution is 2.30. The van der Waals surface area contributed by atoms with E-state index in [1.165, 1.54) is 0 Å². The highest BCUT2D eigenvalue weighted by atomic mass is 79.9. The topological polar surface area (TPSA) is 75.7 Å². The van der Waals surface area contributed by atoms with E-state index in [0.29, 0.717) is 10.5 Å². The van der Waals surface area contributed by atoms with Crippen molar-refractivity contribution < 1.29 is 9.90 Å². The van der Waals surface area contributed by atoms with Gasteiger partial charge in [-0.3, -0.25) is 4.79 Å². The number of hydrogen-bond donors (Lipinski definition) is 2. The van der Waals surface area contributed by atoms with Crippen LogP contribution in [0.2, 0.25) is 0 Å². The summed E-state index contributed by atoms with van der Waals surface area (Å²) in [5.41, 5.74) is 6.14. The van der Waals surface area contributed by atoms with Crippen LogP contribution in [0.1, 0.15) is 5.56 Å². The standard InChI is InChI=1S/C10H7BrN2O2S/c11-7-2-1-6(14)3-5(7)4-8-9(15)13-10(12)16-8/h1-4,14H,(H2,12,13,15)/b8-4-. The first-order valence-electron chi connectivity index (χ1n) is 4.33. The van der Waals surface area contributed by atoms with Crippen molar-refractivity contribution in [3.8, 4) is 5.75 Å². The number of rotatable bonds is 1. The normalized spacial score (nSPS) is 17.9. The molecule has 82 valence electrons. The lowest BCUT2D eigenvalue weighted by Gasteiger charge is -2.00. The van der Waals surface area contributed by atoms with E-state index < -0.39 is 0 Å². The minimum absolute atomic E-state index is 0.138. The Labute approximate surface area is 104 Å². The Morgan fingerprint density at radius 2 is 2.25 bits per heavy atom. The van der Waals surface area contributed by atoms with Crippen molar-refractivity contribution in [2.24, 2.45) is 10.7 Å². The van der Waals surface area contributed by atoms with Crippen LogP contribution in [0, 0.1) is 0 Å². The lowest BCUT2D eigenvalue weighted by molar-refractivity contribution is -0.113. The van der Waals surface area contributed by atoms with Crippen molar-refractivity contribution in [2.45, 2.75) is 0 Å². The minimum Gasteiger partial charge on any atom is -0.508 e. The fourth-order valence-electron chi connectivity index (χ4n) is 1.21. The third kappa shape index (κ3) is 2.28. The summed E-state index contributed by atoms with van der Waals surface area (Å²) in [5, 5.41) is 9.58. The van der Waals surface area contributed by atoms with Gasteiger partial charge in [-0.1, -0.05) is 15.9 Å². The second kappa shape index (κ2) is 4.31. The number of amidine groups is 1. The van der Waals surface area contributed by atoms with Gasteiger partial charge < -0.3 is 10.8 Å². The molecule has 0 unspecified atom stereocenters. The number of phenols is 1. The number of carbonyl (C=O) groups is 1. The molecule has 16 heavy (non-hydrogen) atoms. The van der Waals surface area contributed by atoms with Crippen LogP contribution in [0.3, 0.4) is 0 Å². The molecule has 1 amide bonds. The fraction of sp³-hybridized carbons (Fsp3) is 0. The maximum atomic E-state index is 11.4. The molecule has 0 atom stereocenters. The first-order chi connectivity index (χ1) is 7.56. The fourth-order valence-corrected chi connectivity index (χ4v) is 2.24. The quantitative estimate of drug-likeness (QED) is 0.779. The van der Waals surface area contributed by atoms with Crippen LogP contribution in [-0.4, -0.2) is 16.2 Å². The average Bonchev–Trinajstić information content (AvgIpc) is 2.51. The summed E-state index contributed by atoms with van der Waals surface area (Å²) < 4.78 is 0.789. The molecule has 0 fully saturated rings. The van der Waals surface area contributed by atoms with Gasteiger partial charge in [0.15, 0.2) is 5.17 Å². The van der Waals surface area contributed by atoms with Gasteiger partial charge in [0.05, 0.1) is 4.91 Å². The number of phenolic OH excluding ortho intramolecular Hbond substituents is 1. The first-order valence-corrected chi connectivity index (χ1v) is 5.94. The highest BCUT2D eigenvalue weighted by molar-refractivity contribution is 9.10. The van der Waals surface area contributed by atoms with Crippen LogP contribution in [0.5, 0.6) is 5.75 Å². The van der Waals surface area contributed by atoms with E-state index in [-0.39, 0.29) is 16.8 Å². The number of aromatic hydroxyl groups is 1. The molecule has 2 rings (SSSR count). The molecule has 0 bridgehead atoms. The molecule has 0 saturated heterocycles. The smallest absolute Gasteiger partial charge is 0.286 e. The third-order valence-electron chi connectivity index (χ3n) is 1.90. The van der Waals surface area contributed by atoms with Crippen LogP contribution in [0.25, 0.3) is 6.08 Å². The molecule has 0 radical (unpaired) electrons. The summed E-state index contributed by atoms with van der Waals surface area (Å²) in [5.74, 6) is -0.211. The summed E-state index contributed by atoms with van der Waals surface area (Å²) in [4.78, 5) is 15.4. The van der Waals surface area contributed by atoms with Gasteiger partial charge in [-0.2, -0.15) is 4.99 Å². The summed E-state index contributed by atoms with van der Waals surface area (Å²) in [6.45, 7) is 0. The maximum absolute atomic E-state index is 11.4. The number of halogens is 1. The molecule has 1 heterocycles. The minimum atomic E-state index is -0.349. The van der Waals surface area contributed by atoms with E-state index in [0.717, 1.165) is 16.2 Å². The van der Waals surface area contributed by atoms with Gasteiger partial charge in [-0.15, -0.1) is 0 Å². The van der Waals surface area contributed by atoms with Crippen LogP contribution >= 0.6 is 27.7 Å². The van der Waals surface area contributed by atoms with Crippen molar-refractivity contribution in [1.82, 2.24) is 0 Å². The molecule has 1 aromatic rings. The van der Waals surface area contributed by atoms with Gasteiger partial charge in [-0.25, -0.2) is 0 Å². The molecule has 6 heteroatoms. The maximum Gasteiger partial charge on any atom is 0.286 e. The highest BCUT2D eigenvalue weighted by Gasteiger charge is 2.19. The molecule has 0 saturated carbocycles. The number of amides is 1. The molecule has 0 spiro atoms. The lowest BCUT2D eigenvalue weighted by atomic mass is 10.2. The molecule has 0 aliphatic carbocycles. The monoisotopic (exact) mass is 298 g/mol. The Hall–Kier alpha value is -1.27. The van der Waals surface area contributed by atoms with Crippen molar-refractivity contribution in [1.29, 1.82) is 0 Å². The number of nitrogens with two attached hydrogens (primary N) is 1. The van der Waals surface area contributed by atoms with E-state index >= 15 is 0 Å². The van der Waals surface area contributed by atoms with Crippen molar-refractivity contribution in [3.05, 3.63) is 33.1 Å². The molecule has 3 N–H and O–H groups in total. The predicted octanol–water partition coefficient (Wildman–Crippen LogP) is 2.08. The number of aliphatic imine (C=N–C) groups is 1. The van der Waals surface area contributed by atoms with Crippen LogP contribution in [0.15, 0.2) is 32.6 Å². The largest absolute Gasteiger partial charge is 0.508 e. The Balaban J connectivity index is 2.37. The number of nitrogens with zero attached hydrogens (tertiary/aromatic N) is 1. The number of hydrogen-bond acceptors (Lipinski definition) is 4. The zero-order valence-electron chi connectivity index (χ0n) is 7.98.